The summed E-state index contributed by atoms with van der Waals surface area (Å²) in [5.74, 6) is -0.0404. The van der Waals surface area contributed by atoms with Crippen molar-refractivity contribution in [2.24, 2.45) is 0 Å². The van der Waals surface area contributed by atoms with Crippen LogP contribution in [-0.4, -0.2) is 55.2 Å². The molecule has 26 heavy (non-hydrogen) atoms. The van der Waals surface area contributed by atoms with Crippen LogP contribution in [0.4, 0.5) is 17.1 Å². The first-order chi connectivity index (χ1) is 12.8. The van der Waals surface area contributed by atoms with E-state index in [1.807, 2.05) is 12.1 Å². The lowest BCUT2D eigenvalue weighted by molar-refractivity contribution is 0.0299. The lowest BCUT2D eigenvalue weighted by Crippen LogP contribution is -2.41. The van der Waals surface area contributed by atoms with Crippen molar-refractivity contribution in [1.82, 2.24) is 9.88 Å². The smallest absolute Gasteiger partial charge is 0.272 e. The van der Waals surface area contributed by atoms with E-state index in [0.717, 1.165) is 24.5 Å². The number of carbonyl (C=O) groups excluding carboxylic acids is 1. The lowest BCUT2D eigenvalue weighted by Gasteiger charge is -2.26. The Hall–Kier alpha value is -2.60. The van der Waals surface area contributed by atoms with Gasteiger partial charge in [-0.2, -0.15) is 0 Å². The van der Waals surface area contributed by atoms with Gasteiger partial charge < -0.3 is 19.9 Å². The van der Waals surface area contributed by atoms with E-state index in [0.29, 0.717) is 32.0 Å². The van der Waals surface area contributed by atoms with Gasteiger partial charge in [-0.15, -0.1) is 0 Å². The standard InChI is InChI=1S/C20H24N4O2/c25-20(24-11-13-26-14-12-24)19-15-17(7-8-21-19)22-16-3-5-18(6-4-16)23-9-1-2-10-23/h3-8,15H,1-2,9-14H2,(H,21,22). The number of anilines is 3. The number of amides is 1. The zero-order chi connectivity index (χ0) is 17.8. The van der Waals surface area contributed by atoms with Crippen LogP contribution in [0.2, 0.25) is 0 Å². The van der Waals surface area contributed by atoms with Gasteiger partial charge in [-0.05, 0) is 49.2 Å². The topological polar surface area (TPSA) is 57.7 Å². The predicted molar refractivity (Wildman–Crippen MR) is 102 cm³/mol. The highest BCUT2D eigenvalue weighted by Crippen LogP contribution is 2.24. The number of pyridine rings is 1. The van der Waals surface area contributed by atoms with E-state index in [9.17, 15) is 4.79 Å². The van der Waals surface area contributed by atoms with Crippen LogP contribution in [-0.2, 0) is 4.74 Å². The molecule has 0 atom stereocenters. The van der Waals surface area contributed by atoms with E-state index in [1.165, 1.54) is 18.5 Å². The van der Waals surface area contributed by atoms with Crippen LogP contribution in [0.1, 0.15) is 23.3 Å². The van der Waals surface area contributed by atoms with Gasteiger partial charge in [-0.3, -0.25) is 9.78 Å². The maximum atomic E-state index is 12.6. The minimum atomic E-state index is -0.0404. The second-order valence-electron chi connectivity index (χ2n) is 6.70. The molecule has 0 unspecified atom stereocenters. The second kappa shape index (κ2) is 7.74. The van der Waals surface area contributed by atoms with Crippen LogP contribution >= 0.6 is 0 Å². The molecule has 4 rings (SSSR count). The van der Waals surface area contributed by atoms with E-state index < -0.39 is 0 Å². The molecule has 0 bridgehead atoms. The molecule has 1 amide bonds. The van der Waals surface area contributed by atoms with Crippen LogP contribution in [0.3, 0.4) is 0 Å². The third-order valence-corrected chi connectivity index (χ3v) is 4.90. The highest BCUT2D eigenvalue weighted by atomic mass is 16.5. The molecule has 2 aliphatic rings. The Labute approximate surface area is 153 Å². The fraction of sp³-hybridized carbons (Fsp3) is 0.400. The molecule has 136 valence electrons. The van der Waals surface area contributed by atoms with Crippen LogP contribution in [0.5, 0.6) is 0 Å². The molecule has 6 nitrogen and oxygen atoms in total. The zero-order valence-electron chi connectivity index (χ0n) is 14.9. The number of ether oxygens (including phenoxy) is 1. The summed E-state index contributed by atoms with van der Waals surface area (Å²) in [5, 5.41) is 3.37. The number of nitrogens with one attached hydrogen (secondary N) is 1. The molecule has 0 spiro atoms. The molecular formula is C20H24N4O2. The maximum Gasteiger partial charge on any atom is 0.272 e. The normalized spacial score (nSPS) is 17.4. The van der Waals surface area contributed by atoms with Gasteiger partial charge in [0.25, 0.3) is 5.91 Å². The fourth-order valence-corrected chi connectivity index (χ4v) is 3.45. The monoisotopic (exact) mass is 352 g/mol. The van der Waals surface area contributed by atoms with Gasteiger partial charge in [-0.25, -0.2) is 0 Å². The van der Waals surface area contributed by atoms with Crippen molar-refractivity contribution < 1.29 is 9.53 Å². The number of hydrogen-bond acceptors (Lipinski definition) is 5. The summed E-state index contributed by atoms with van der Waals surface area (Å²) in [7, 11) is 0. The largest absolute Gasteiger partial charge is 0.378 e. The highest BCUT2D eigenvalue weighted by Gasteiger charge is 2.19. The van der Waals surface area contributed by atoms with Gasteiger partial charge >= 0.3 is 0 Å². The van der Waals surface area contributed by atoms with Crippen LogP contribution < -0.4 is 10.2 Å². The van der Waals surface area contributed by atoms with E-state index >= 15 is 0 Å². The lowest BCUT2D eigenvalue weighted by atomic mass is 10.2. The summed E-state index contributed by atoms with van der Waals surface area (Å²) in [5.41, 5.74) is 3.60. The molecule has 0 aliphatic carbocycles. The molecule has 0 saturated carbocycles. The molecule has 1 N–H and O–H groups in total. The maximum absolute atomic E-state index is 12.6. The molecule has 6 heteroatoms. The Balaban J connectivity index is 1.44. The van der Waals surface area contributed by atoms with Gasteiger partial charge in [0.05, 0.1) is 13.2 Å². The quantitative estimate of drug-likeness (QED) is 0.917. The summed E-state index contributed by atoms with van der Waals surface area (Å²) < 4.78 is 5.30. The van der Waals surface area contributed by atoms with Crippen molar-refractivity contribution in [2.75, 3.05) is 49.6 Å². The van der Waals surface area contributed by atoms with Crippen molar-refractivity contribution in [3.05, 3.63) is 48.3 Å². The SMILES string of the molecule is O=C(c1cc(Nc2ccc(N3CCCC3)cc2)ccn1)N1CCOCC1. The number of aromatic nitrogens is 1. The number of benzene rings is 1. The Morgan fingerprint density at radius 1 is 0.962 bits per heavy atom. The van der Waals surface area contributed by atoms with E-state index in [-0.39, 0.29) is 5.91 Å². The summed E-state index contributed by atoms with van der Waals surface area (Å²) in [6.45, 7) is 4.71. The predicted octanol–water partition coefficient (Wildman–Crippen LogP) is 2.90. The third-order valence-electron chi connectivity index (χ3n) is 4.90. The average Bonchev–Trinajstić information content (AvgIpc) is 3.24. The Bertz CT molecular complexity index is 751. The Morgan fingerprint density at radius 2 is 1.69 bits per heavy atom. The van der Waals surface area contributed by atoms with Crippen molar-refractivity contribution in [2.45, 2.75) is 12.8 Å². The van der Waals surface area contributed by atoms with Crippen molar-refractivity contribution in [3.8, 4) is 0 Å². The Morgan fingerprint density at radius 3 is 2.42 bits per heavy atom. The molecule has 2 aromatic rings. The highest BCUT2D eigenvalue weighted by molar-refractivity contribution is 5.93. The number of nitrogens with zero attached hydrogens (tertiary/aromatic N) is 3. The fourth-order valence-electron chi connectivity index (χ4n) is 3.45. The molecule has 2 aliphatic heterocycles. The first kappa shape index (κ1) is 16.8. The van der Waals surface area contributed by atoms with Gasteiger partial charge in [-0.1, -0.05) is 0 Å². The summed E-state index contributed by atoms with van der Waals surface area (Å²) >= 11 is 0. The first-order valence-electron chi connectivity index (χ1n) is 9.25. The molecular weight excluding hydrogens is 328 g/mol. The van der Waals surface area contributed by atoms with Crippen molar-refractivity contribution in [3.63, 3.8) is 0 Å². The summed E-state index contributed by atoms with van der Waals surface area (Å²) in [6.07, 6.45) is 4.22. The van der Waals surface area contributed by atoms with Gasteiger partial charge in [0, 0.05) is 49.4 Å². The van der Waals surface area contributed by atoms with Gasteiger partial charge in [0.15, 0.2) is 0 Å². The number of hydrogen-bond donors (Lipinski definition) is 1. The minimum Gasteiger partial charge on any atom is -0.378 e. The van der Waals surface area contributed by atoms with E-state index in [2.05, 4.69) is 39.5 Å². The summed E-state index contributed by atoms with van der Waals surface area (Å²) in [6, 6.07) is 12.1. The average molecular weight is 352 g/mol. The van der Waals surface area contributed by atoms with Gasteiger partial charge in [0.1, 0.15) is 5.69 Å². The van der Waals surface area contributed by atoms with E-state index in [1.54, 1.807) is 11.1 Å². The summed E-state index contributed by atoms with van der Waals surface area (Å²) in [4.78, 5) is 21.0. The van der Waals surface area contributed by atoms with E-state index in [4.69, 9.17) is 4.74 Å². The molecule has 1 aromatic heterocycles. The molecule has 3 heterocycles. The first-order valence-corrected chi connectivity index (χ1v) is 9.25. The van der Waals surface area contributed by atoms with Crippen molar-refractivity contribution >= 4 is 23.0 Å². The molecule has 0 radical (unpaired) electrons. The third kappa shape index (κ3) is 3.80. The van der Waals surface area contributed by atoms with Gasteiger partial charge in [0.2, 0.25) is 0 Å². The van der Waals surface area contributed by atoms with Crippen LogP contribution in [0.15, 0.2) is 42.6 Å². The molecule has 1 aromatic carbocycles. The number of morpholine rings is 1. The minimum absolute atomic E-state index is 0.0404. The number of rotatable bonds is 4. The second-order valence-corrected chi connectivity index (χ2v) is 6.70. The molecule has 2 fully saturated rings. The molecule has 2 saturated heterocycles. The number of carbonyl (C=O) groups is 1. The van der Waals surface area contributed by atoms with Crippen LogP contribution in [0.25, 0.3) is 0 Å². The zero-order valence-corrected chi connectivity index (χ0v) is 14.9. The van der Waals surface area contributed by atoms with Crippen molar-refractivity contribution in [1.29, 1.82) is 0 Å². The van der Waals surface area contributed by atoms with Crippen LogP contribution in [0, 0.1) is 0 Å². The Kier molecular flexibility index (Phi) is 5.02.